The number of rotatable bonds is 7. The number of piperazine rings is 1. The zero-order chi connectivity index (χ0) is 21.7. The van der Waals surface area contributed by atoms with Crippen LogP contribution in [0.15, 0.2) is 47.4 Å². The third-order valence-electron chi connectivity index (χ3n) is 5.20. The Labute approximate surface area is 184 Å². The van der Waals surface area contributed by atoms with Crippen LogP contribution >= 0.6 is 11.8 Å². The minimum Gasteiger partial charge on any atom is -0.486 e. The van der Waals surface area contributed by atoms with Crippen molar-refractivity contribution in [3.05, 3.63) is 42.5 Å². The van der Waals surface area contributed by atoms with E-state index in [1.165, 1.54) is 12.1 Å². The van der Waals surface area contributed by atoms with Crippen LogP contribution in [0.3, 0.4) is 0 Å². The number of alkyl halides is 3. The average Bonchev–Trinajstić information content (AvgIpc) is 2.77. The zero-order valence-electron chi connectivity index (χ0n) is 17.1. The third kappa shape index (κ3) is 6.13. The van der Waals surface area contributed by atoms with Crippen molar-refractivity contribution in [2.24, 2.45) is 0 Å². The molecule has 31 heavy (non-hydrogen) atoms. The molecule has 0 aromatic heterocycles. The summed E-state index contributed by atoms with van der Waals surface area (Å²) < 4.78 is 52.1. The standard InChI is InChI=1S/C22H25F3N2O3S/c23-22(24,25)30-17-5-7-18(8-6-17)31-16-2-9-26-10-12-27(13-11-26)19-3-1-4-20-21(19)29-15-14-28-20/h1,3-8H,2,9-16H2. The van der Waals surface area contributed by atoms with Crippen molar-refractivity contribution in [2.75, 3.05) is 56.6 Å². The topological polar surface area (TPSA) is 34.2 Å². The Morgan fingerprint density at radius 2 is 1.68 bits per heavy atom. The molecule has 2 aromatic carbocycles. The number of para-hydroxylation sites is 1. The average molecular weight is 455 g/mol. The first kappa shape index (κ1) is 22.0. The number of hydrogen-bond acceptors (Lipinski definition) is 6. The summed E-state index contributed by atoms with van der Waals surface area (Å²) >= 11 is 1.64. The van der Waals surface area contributed by atoms with Crippen LogP contribution in [-0.2, 0) is 0 Å². The molecular weight excluding hydrogens is 429 g/mol. The Morgan fingerprint density at radius 3 is 2.42 bits per heavy atom. The van der Waals surface area contributed by atoms with Crippen LogP contribution in [0.5, 0.6) is 17.2 Å². The first-order valence-electron chi connectivity index (χ1n) is 10.3. The van der Waals surface area contributed by atoms with Crippen LogP contribution in [0.1, 0.15) is 6.42 Å². The molecule has 0 unspecified atom stereocenters. The molecule has 9 heteroatoms. The molecule has 2 aliphatic rings. The molecule has 2 heterocycles. The monoisotopic (exact) mass is 454 g/mol. The van der Waals surface area contributed by atoms with Crippen molar-refractivity contribution < 1.29 is 27.4 Å². The summed E-state index contributed by atoms with van der Waals surface area (Å²) in [6, 6.07) is 12.1. The largest absolute Gasteiger partial charge is 0.573 e. The lowest BCUT2D eigenvalue weighted by Gasteiger charge is -2.37. The lowest BCUT2D eigenvalue weighted by atomic mass is 10.2. The Morgan fingerprint density at radius 1 is 0.935 bits per heavy atom. The van der Waals surface area contributed by atoms with Gasteiger partial charge in [-0.15, -0.1) is 24.9 Å². The van der Waals surface area contributed by atoms with E-state index in [4.69, 9.17) is 9.47 Å². The predicted octanol–water partition coefficient (Wildman–Crippen LogP) is 4.66. The molecule has 1 saturated heterocycles. The quantitative estimate of drug-likeness (QED) is 0.447. The SMILES string of the molecule is FC(F)(F)Oc1ccc(SCCCN2CCN(c3cccc4c3OCCO4)CC2)cc1. The number of nitrogens with zero attached hydrogens (tertiary/aromatic N) is 2. The third-order valence-corrected chi connectivity index (χ3v) is 6.30. The maximum Gasteiger partial charge on any atom is 0.573 e. The minimum absolute atomic E-state index is 0.189. The van der Waals surface area contributed by atoms with Gasteiger partial charge in [0.25, 0.3) is 0 Å². The highest BCUT2D eigenvalue weighted by atomic mass is 32.2. The van der Waals surface area contributed by atoms with E-state index in [-0.39, 0.29) is 5.75 Å². The Kier molecular flexibility index (Phi) is 7.02. The van der Waals surface area contributed by atoms with Gasteiger partial charge in [0.2, 0.25) is 0 Å². The van der Waals surface area contributed by atoms with Gasteiger partial charge in [-0.1, -0.05) is 6.07 Å². The van der Waals surface area contributed by atoms with Crippen LogP contribution in [-0.4, -0.2) is 63.0 Å². The lowest BCUT2D eigenvalue weighted by molar-refractivity contribution is -0.274. The molecule has 1 fully saturated rings. The van der Waals surface area contributed by atoms with Gasteiger partial charge in [-0.3, -0.25) is 4.90 Å². The van der Waals surface area contributed by atoms with Gasteiger partial charge in [-0.2, -0.15) is 0 Å². The van der Waals surface area contributed by atoms with E-state index < -0.39 is 6.36 Å². The highest BCUT2D eigenvalue weighted by molar-refractivity contribution is 7.99. The number of anilines is 1. The summed E-state index contributed by atoms with van der Waals surface area (Å²) in [4.78, 5) is 5.74. The molecule has 0 aliphatic carbocycles. The van der Waals surface area contributed by atoms with Crippen LogP contribution in [0.4, 0.5) is 18.9 Å². The second kappa shape index (κ2) is 9.91. The second-order valence-corrected chi connectivity index (χ2v) is 8.52. The van der Waals surface area contributed by atoms with Crippen molar-refractivity contribution in [1.29, 1.82) is 0 Å². The fourth-order valence-corrected chi connectivity index (χ4v) is 4.57. The Hall–Kier alpha value is -2.26. The molecule has 0 saturated carbocycles. The van der Waals surface area contributed by atoms with Crippen LogP contribution < -0.4 is 19.1 Å². The molecule has 0 N–H and O–H groups in total. The summed E-state index contributed by atoms with van der Waals surface area (Å²) in [6.07, 6.45) is -3.64. The van der Waals surface area contributed by atoms with Gasteiger partial charge in [-0.05, 0) is 55.1 Å². The van der Waals surface area contributed by atoms with Crippen molar-refractivity contribution in [3.8, 4) is 17.2 Å². The second-order valence-electron chi connectivity index (χ2n) is 7.35. The number of thioether (sulfide) groups is 1. The number of halogens is 3. The first-order chi connectivity index (χ1) is 15.0. The van der Waals surface area contributed by atoms with Gasteiger partial charge < -0.3 is 19.1 Å². The molecule has 2 aliphatic heterocycles. The maximum absolute atomic E-state index is 12.2. The lowest BCUT2D eigenvalue weighted by Crippen LogP contribution is -2.46. The molecule has 4 rings (SSSR count). The molecule has 168 valence electrons. The van der Waals surface area contributed by atoms with E-state index in [2.05, 4.69) is 20.6 Å². The molecule has 0 amide bonds. The van der Waals surface area contributed by atoms with Crippen molar-refractivity contribution in [1.82, 2.24) is 4.90 Å². The van der Waals surface area contributed by atoms with Crippen molar-refractivity contribution >= 4 is 17.4 Å². The highest BCUT2D eigenvalue weighted by Crippen LogP contribution is 2.39. The van der Waals surface area contributed by atoms with Gasteiger partial charge in [0, 0.05) is 31.1 Å². The molecular formula is C22H25F3N2O3S. The number of hydrogen-bond donors (Lipinski definition) is 0. The fourth-order valence-electron chi connectivity index (χ4n) is 3.74. The van der Waals surface area contributed by atoms with Crippen LogP contribution in [0.2, 0.25) is 0 Å². The van der Waals surface area contributed by atoms with E-state index in [9.17, 15) is 13.2 Å². The van der Waals surface area contributed by atoms with E-state index in [1.54, 1.807) is 23.9 Å². The summed E-state index contributed by atoms with van der Waals surface area (Å²) in [6.45, 7) is 6.02. The first-order valence-corrected chi connectivity index (χ1v) is 11.3. The summed E-state index contributed by atoms with van der Waals surface area (Å²) in [7, 11) is 0. The molecule has 0 radical (unpaired) electrons. The summed E-state index contributed by atoms with van der Waals surface area (Å²) in [5.41, 5.74) is 1.10. The molecule has 0 atom stereocenters. The van der Waals surface area contributed by atoms with E-state index >= 15 is 0 Å². The van der Waals surface area contributed by atoms with E-state index in [0.717, 1.165) is 67.0 Å². The van der Waals surface area contributed by atoms with Gasteiger partial charge in [0.1, 0.15) is 19.0 Å². The minimum atomic E-state index is -4.65. The Balaban J connectivity index is 1.18. The van der Waals surface area contributed by atoms with Gasteiger partial charge in [-0.25, -0.2) is 0 Å². The van der Waals surface area contributed by atoms with Gasteiger partial charge >= 0.3 is 6.36 Å². The Bertz CT molecular complexity index is 856. The van der Waals surface area contributed by atoms with E-state index in [1.807, 2.05) is 12.1 Å². The molecule has 5 nitrogen and oxygen atoms in total. The maximum atomic E-state index is 12.2. The summed E-state index contributed by atoms with van der Waals surface area (Å²) in [5.74, 6) is 2.40. The highest BCUT2D eigenvalue weighted by Gasteiger charge is 2.31. The van der Waals surface area contributed by atoms with E-state index in [0.29, 0.717) is 13.2 Å². The number of ether oxygens (including phenoxy) is 3. The number of benzene rings is 2. The molecule has 0 spiro atoms. The zero-order valence-corrected chi connectivity index (χ0v) is 17.9. The van der Waals surface area contributed by atoms with Gasteiger partial charge in [0.05, 0.1) is 5.69 Å². The predicted molar refractivity (Wildman–Crippen MR) is 115 cm³/mol. The molecule has 2 aromatic rings. The summed E-state index contributed by atoms with van der Waals surface area (Å²) in [5, 5.41) is 0. The normalized spacial score (nSPS) is 16.9. The van der Waals surface area contributed by atoms with Crippen LogP contribution in [0, 0.1) is 0 Å². The smallest absolute Gasteiger partial charge is 0.486 e. The number of fused-ring (bicyclic) bond motifs is 1. The van der Waals surface area contributed by atoms with Crippen LogP contribution in [0.25, 0.3) is 0 Å². The van der Waals surface area contributed by atoms with Crippen molar-refractivity contribution in [3.63, 3.8) is 0 Å². The van der Waals surface area contributed by atoms with Crippen molar-refractivity contribution in [2.45, 2.75) is 17.7 Å². The van der Waals surface area contributed by atoms with Gasteiger partial charge in [0.15, 0.2) is 11.5 Å². The molecule has 0 bridgehead atoms. The fraction of sp³-hybridized carbons (Fsp3) is 0.455.